The van der Waals surface area contributed by atoms with Gasteiger partial charge in [-0.25, -0.2) is 0 Å². The molecule has 0 radical (unpaired) electrons. The molecule has 3 rings (SSSR count). The van der Waals surface area contributed by atoms with Gasteiger partial charge in [0.2, 0.25) is 0 Å². The highest BCUT2D eigenvalue weighted by molar-refractivity contribution is 5.58. The number of nitrogens with one attached hydrogen (secondary N) is 2. The zero-order chi connectivity index (χ0) is 10.8. The lowest BCUT2D eigenvalue weighted by Gasteiger charge is -2.04. The molecule has 3 heteroatoms. The van der Waals surface area contributed by atoms with Crippen LogP contribution in [-0.4, -0.2) is 16.2 Å². The van der Waals surface area contributed by atoms with Crippen LogP contribution in [0.1, 0.15) is 18.4 Å². The number of aromatic nitrogens is 2. The van der Waals surface area contributed by atoms with Gasteiger partial charge in [0.25, 0.3) is 0 Å². The molecule has 2 aromatic rings. The van der Waals surface area contributed by atoms with Crippen molar-refractivity contribution < 1.29 is 0 Å². The van der Waals surface area contributed by atoms with Gasteiger partial charge >= 0.3 is 0 Å². The summed E-state index contributed by atoms with van der Waals surface area (Å²) in [5.41, 5.74) is 3.60. The maximum absolute atomic E-state index is 3.95. The van der Waals surface area contributed by atoms with Crippen LogP contribution in [0, 0.1) is 0 Å². The topological polar surface area (TPSA) is 40.7 Å². The lowest BCUT2D eigenvalue weighted by Crippen LogP contribution is -2.14. The van der Waals surface area contributed by atoms with Gasteiger partial charge in [0.05, 0.1) is 5.69 Å². The molecule has 1 aromatic heterocycles. The first-order valence-corrected chi connectivity index (χ1v) is 5.74. The second-order valence-corrected chi connectivity index (χ2v) is 4.32. The first-order chi connectivity index (χ1) is 7.92. The van der Waals surface area contributed by atoms with Gasteiger partial charge in [-0.1, -0.05) is 24.3 Å². The van der Waals surface area contributed by atoms with Crippen molar-refractivity contribution in [2.45, 2.75) is 25.4 Å². The van der Waals surface area contributed by atoms with Gasteiger partial charge in [0.15, 0.2) is 0 Å². The van der Waals surface area contributed by atoms with Gasteiger partial charge in [0, 0.05) is 18.8 Å². The number of hydrogen-bond acceptors (Lipinski definition) is 2. The number of H-pyrrole nitrogens is 1. The molecular weight excluding hydrogens is 198 g/mol. The lowest BCUT2D eigenvalue weighted by molar-refractivity contribution is 0.688. The Morgan fingerprint density at radius 3 is 2.62 bits per heavy atom. The molecule has 0 atom stereocenters. The Hall–Kier alpha value is -1.61. The Labute approximate surface area is 94.9 Å². The molecule has 2 N–H and O–H groups in total. The Morgan fingerprint density at radius 1 is 1.19 bits per heavy atom. The molecule has 0 unspecified atom stereocenters. The summed E-state index contributed by atoms with van der Waals surface area (Å²) < 4.78 is 0. The fraction of sp³-hybridized carbons (Fsp3) is 0.308. The molecule has 3 nitrogen and oxygen atoms in total. The molecule has 0 amide bonds. The molecule has 1 saturated carbocycles. The number of aromatic amines is 1. The van der Waals surface area contributed by atoms with Crippen LogP contribution in [0.2, 0.25) is 0 Å². The molecule has 0 spiro atoms. The van der Waals surface area contributed by atoms with Crippen LogP contribution in [0.5, 0.6) is 0 Å². The molecule has 0 saturated heterocycles. The largest absolute Gasteiger partial charge is 0.310 e. The fourth-order valence-corrected chi connectivity index (χ4v) is 1.77. The van der Waals surface area contributed by atoms with Crippen molar-refractivity contribution in [3.63, 3.8) is 0 Å². The number of benzene rings is 1. The monoisotopic (exact) mass is 213 g/mol. The number of hydrogen-bond donors (Lipinski definition) is 2. The highest BCUT2D eigenvalue weighted by Gasteiger charge is 2.19. The molecule has 16 heavy (non-hydrogen) atoms. The van der Waals surface area contributed by atoms with Crippen molar-refractivity contribution in [3.05, 3.63) is 42.1 Å². The first-order valence-electron chi connectivity index (χ1n) is 5.74. The van der Waals surface area contributed by atoms with Crippen molar-refractivity contribution in [2.24, 2.45) is 0 Å². The molecule has 1 aliphatic rings. The summed E-state index contributed by atoms with van der Waals surface area (Å²) in [5, 5.41) is 10.4. The van der Waals surface area contributed by atoms with E-state index in [9.17, 15) is 0 Å². The van der Waals surface area contributed by atoms with Crippen LogP contribution in [0.4, 0.5) is 0 Å². The summed E-state index contributed by atoms with van der Waals surface area (Å²) >= 11 is 0. The maximum Gasteiger partial charge on any atom is 0.0650 e. The van der Waals surface area contributed by atoms with E-state index in [4.69, 9.17) is 0 Å². The van der Waals surface area contributed by atoms with Crippen molar-refractivity contribution in [1.29, 1.82) is 0 Å². The molecule has 1 aromatic carbocycles. The van der Waals surface area contributed by atoms with Crippen LogP contribution in [0.25, 0.3) is 11.3 Å². The van der Waals surface area contributed by atoms with Gasteiger partial charge in [-0.3, -0.25) is 5.10 Å². The summed E-state index contributed by atoms with van der Waals surface area (Å²) in [5.74, 6) is 0. The van der Waals surface area contributed by atoms with E-state index >= 15 is 0 Å². The Balaban J connectivity index is 1.69. The van der Waals surface area contributed by atoms with Gasteiger partial charge in [-0.2, -0.15) is 5.10 Å². The van der Waals surface area contributed by atoms with Crippen molar-refractivity contribution in [2.75, 3.05) is 0 Å². The SMILES string of the molecule is c1cc(-c2ccc(CNC3CC3)cc2)[nH]n1. The van der Waals surface area contributed by atoms with E-state index in [0.717, 1.165) is 18.3 Å². The predicted octanol–water partition coefficient (Wildman–Crippen LogP) is 2.33. The summed E-state index contributed by atoms with van der Waals surface area (Å²) in [7, 11) is 0. The Kier molecular flexibility index (Phi) is 2.46. The van der Waals surface area contributed by atoms with E-state index in [1.165, 1.54) is 24.0 Å². The average Bonchev–Trinajstić information content (AvgIpc) is 3.00. The third kappa shape index (κ3) is 2.14. The van der Waals surface area contributed by atoms with E-state index in [1.807, 2.05) is 6.07 Å². The highest BCUT2D eigenvalue weighted by atomic mass is 15.1. The van der Waals surface area contributed by atoms with E-state index < -0.39 is 0 Å². The predicted molar refractivity (Wildman–Crippen MR) is 63.9 cm³/mol. The van der Waals surface area contributed by atoms with Crippen LogP contribution in [0.3, 0.4) is 0 Å². The standard InChI is InChI=1S/C13H15N3/c1-3-11(13-7-8-15-16-13)4-2-10(1)9-14-12-5-6-12/h1-4,7-8,12,14H,5-6,9H2,(H,15,16). The Morgan fingerprint density at radius 2 is 2.00 bits per heavy atom. The minimum atomic E-state index is 0.771. The van der Waals surface area contributed by atoms with E-state index in [-0.39, 0.29) is 0 Å². The third-order valence-corrected chi connectivity index (χ3v) is 2.94. The van der Waals surface area contributed by atoms with Crippen LogP contribution >= 0.6 is 0 Å². The maximum atomic E-state index is 3.95. The van der Waals surface area contributed by atoms with Gasteiger partial charge in [-0.15, -0.1) is 0 Å². The summed E-state index contributed by atoms with van der Waals surface area (Å²) in [6, 6.07) is 11.4. The van der Waals surface area contributed by atoms with Crippen LogP contribution in [-0.2, 0) is 6.54 Å². The highest BCUT2D eigenvalue weighted by Crippen LogP contribution is 2.20. The van der Waals surface area contributed by atoms with E-state index in [0.29, 0.717) is 0 Å². The van der Waals surface area contributed by atoms with Gasteiger partial charge in [-0.05, 0) is 30.0 Å². The van der Waals surface area contributed by atoms with E-state index in [2.05, 4.69) is 39.8 Å². The lowest BCUT2D eigenvalue weighted by atomic mass is 10.1. The summed E-state index contributed by atoms with van der Waals surface area (Å²) in [6.07, 6.45) is 4.45. The van der Waals surface area contributed by atoms with Crippen molar-refractivity contribution in [1.82, 2.24) is 15.5 Å². The second kappa shape index (κ2) is 4.10. The minimum Gasteiger partial charge on any atom is -0.310 e. The van der Waals surface area contributed by atoms with E-state index in [1.54, 1.807) is 6.20 Å². The second-order valence-electron chi connectivity index (χ2n) is 4.32. The average molecular weight is 213 g/mol. The van der Waals surface area contributed by atoms with Crippen molar-refractivity contribution in [3.8, 4) is 11.3 Å². The number of nitrogens with zero attached hydrogens (tertiary/aromatic N) is 1. The molecule has 1 heterocycles. The molecule has 1 fully saturated rings. The summed E-state index contributed by atoms with van der Waals surface area (Å²) in [4.78, 5) is 0. The van der Waals surface area contributed by atoms with Gasteiger partial charge < -0.3 is 5.32 Å². The zero-order valence-corrected chi connectivity index (χ0v) is 9.11. The third-order valence-electron chi connectivity index (χ3n) is 2.94. The molecule has 82 valence electrons. The molecule has 0 aliphatic heterocycles. The molecule has 1 aliphatic carbocycles. The fourth-order valence-electron chi connectivity index (χ4n) is 1.77. The zero-order valence-electron chi connectivity index (χ0n) is 9.11. The van der Waals surface area contributed by atoms with Gasteiger partial charge in [0.1, 0.15) is 0 Å². The first kappa shape index (κ1) is 9.60. The number of rotatable bonds is 4. The smallest absolute Gasteiger partial charge is 0.0650 e. The quantitative estimate of drug-likeness (QED) is 0.818. The van der Waals surface area contributed by atoms with Crippen molar-refractivity contribution >= 4 is 0 Å². The normalized spacial score (nSPS) is 15.2. The Bertz CT molecular complexity index is 441. The van der Waals surface area contributed by atoms with Crippen LogP contribution < -0.4 is 5.32 Å². The molecule has 0 bridgehead atoms. The molecular formula is C13H15N3. The van der Waals surface area contributed by atoms with Crippen LogP contribution in [0.15, 0.2) is 36.5 Å². The minimum absolute atomic E-state index is 0.771. The summed E-state index contributed by atoms with van der Waals surface area (Å²) in [6.45, 7) is 0.980.